The molecular formula is C76H135NO13. The fourth-order valence-electron chi connectivity index (χ4n) is 11.8. The third kappa shape index (κ3) is 43.2. The summed E-state index contributed by atoms with van der Waals surface area (Å²) >= 11 is 0. The normalized spacial score (nSPS) is 23.4. The van der Waals surface area contributed by atoms with E-state index in [4.69, 9.17) is 18.9 Å². The van der Waals surface area contributed by atoms with E-state index < -0.39 is 86.8 Å². The van der Waals surface area contributed by atoms with Gasteiger partial charge in [0.05, 0.1) is 32.0 Å². The third-order valence-corrected chi connectivity index (χ3v) is 17.6. The Kier molecular flexibility index (Phi) is 55.4. The lowest BCUT2D eigenvalue weighted by Crippen LogP contribution is -2.65. The van der Waals surface area contributed by atoms with Crippen LogP contribution < -0.4 is 5.32 Å². The van der Waals surface area contributed by atoms with Crippen molar-refractivity contribution in [3.8, 4) is 0 Å². The Bertz CT molecular complexity index is 1830. The molecule has 0 aromatic heterocycles. The Balaban J connectivity index is 1.66. The van der Waals surface area contributed by atoms with Crippen LogP contribution in [0.5, 0.6) is 0 Å². The standard InChI is InChI=1S/C76H135NO13/c1-3-5-7-9-11-13-15-17-19-21-23-25-27-29-30-31-32-33-34-36-38-40-42-44-46-48-50-52-54-56-58-60-68(81)77-64(63-87-75-73(86)71(84)74(67(62-79)89-75)90-76-72(85)70(83)69(82)66(61-78)88-76)65(80)59-57-55-53-51-49-47-45-43-41-39-37-35-28-26-24-22-20-18-16-14-12-10-8-6-4-2/h5,7,11,13,17,19,23,25,29-30,32-33,36,38,64-67,69-76,78-80,82-86H,3-4,6,8-10,12,14-16,18,20-22,24,26-28,31,34-35,37,39-63H2,1-2H3,(H,77,81)/b7-5-,13-11-,19-17-,25-23-,30-29-,33-32-,38-36-. The van der Waals surface area contributed by atoms with Crippen LogP contribution in [0.4, 0.5) is 0 Å². The number of carbonyl (C=O) groups excluding carboxylic acids is 1. The van der Waals surface area contributed by atoms with Crippen LogP contribution in [-0.4, -0.2) is 140 Å². The van der Waals surface area contributed by atoms with Crippen LogP contribution >= 0.6 is 0 Å². The molecule has 14 heteroatoms. The van der Waals surface area contributed by atoms with E-state index in [2.05, 4.69) is 104 Å². The number of amides is 1. The molecule has 2 aliphatic heterocycles. The number of nitrogens with one attached hydrogen (secondary N) is 1. The van der Waals surface area contributed by atoms with Gasteiger partial charge in [-0.3, -0.25) is 4.79 Å². The second-order valence-corrected chi connectivity index (χ2v) is 25.7. The Morgan fingerprint density at radius 1 is 0.411 bits per heavy atom. The Hall–Kier alpha value is -2.83. The van der Waals surface area contributed by atoms with Crippen LogP contribution in [0.1, 0.15) is 296 Å². The summed E-state index contributed by atoms with van der Waals surface area (Å²) in [6.07, 6.45) is 65.9. The number of aliphatic hydroxyl groups is 8. The number of hydrogen-bond donors (Lipinski definition) is 9. The largest absolute Gasteiger partial charge is 0.394 e. The summed E-state index contributed by atoms with van der Waals surface area (Å²) in [6.45, 7) is 2.78. The first-order valence-electron chi connectivity index (χ1n) is 36.8. The maximum absolute atomic E-state index is 13.4. The summed E-state index contributed by atoms with van der Waals surface area (Å²) in [7, 11) is 0. The molecule has 2 rings (SSSR count). The zero-order chi connectivity index (χ0) is 65.2. The van der Waals surface area contributed by atoms with Crippen LogP contribution in [0, 0.1) is 0 Å². The number of hydrogen-bond acceptors (Lipinski definition) is 13. The molecule has 0 aromatic rings. The molecule has 12 unspecified atom stereocenters. The fourth-order valence-corrected chi connectivity index (χ4v) is 11.8. The first-order valence-corrected chi connectivity index (χ1v) is 36.8. The van der Waals surface area contributed by atoms with Crippen LogP contribution in [0.15, 0.2) is 85.1 Å². The minimum absolute atomic E-state index is 0.213. The predicted octanol–water partition coefficient (Wildman–Crippen LogP) is 15.6. The monoisotopic (exact) mass is 1270 g/mol. The van der Waals surface area contributed by atoms with Crippen LogP contribution in [0.2, 0.25) is 0 Å². The number of rotatable bonds is 60. The average molecular weight is 1270 g/mol. The zero-order valence-electron chi connectivity index (χ0n) is 56.9. The van der Waals surface area contributed by atoms with Gasteiger partial charge in [-0.05, 0) is 70.6 Å². The number of aliphatic hydroxyl groups excluding tert-OH is 8. The summed E-state index contributed by atoms with van der Waals surface area (Å²) in [5, 5.41) is 87.7. The van der Waals surface area contributed by atoms with Gasteiger partial charge >= 0.3 is 0 Å². The molecule has 1 amide bonds. The average Bonchev–Trinajstić information content (AvgIpc) is 1.42. The van der Waals surface area contributed by atoms with E-state index in [0.717, 1.165) is 96.3 Å². The predicted molar refractivity (Wildman–Crippen MR) is 369 cm³/mol. The summed E-state index contributed by atoms with van der Waals surface area (Å²) < 4.78 is 22.9. The van der Waals surface area contributed by atoms with Gasteiger partial charge in [-0.15, -0.1) is 0 Å². The molecule has 0 spiro atoms. The van der Waals surface area contributed by atoms with Gasteiger partial charge in [-0.2, -0.15) is 0 Å². The molecule has 14 nitrogen and oxygen atoms in total. The molecule has 0 radical (unpaired) electrons. The van der Waals surface area contributed by atoms with Crippen molar-refractivity contribution in [1.82, 2.24) is 5.32 Å². The van der Waals surface area contributed by atoms with Gasteiger partial charge in [-0.25, -0.2) is 0 Å². The highest BCUT2D eigenvalue weighted by molar-refractivity contribution is 5.76. The molecule has 90 heavy (non-hydrogen) atoms. The van der Waals surface area contributed by atoms with Gasteiger partial charge in [-0.1, -0.05) is 304 Å². The van der Waals surface area contributed by atoms with E-state index in [1.807, 2.05) is 0 Å². The fraction of sp³-hybridized carbons (Fsp3) is 0.803. The van der Waals surface area contributed by atoms with Gasteiger partial charge in [0.1, 0.15) is 48.8 Å². The number of allylic oxidation sites excluding steroid dienone is 14. The van der Waals surface area contributed by atoms with Gasteiger partial charge < -0.3 is 65.1 Å². The molecule has 0 saturated carbocycles. The van der Waals surface area contributed by atoms with Gasteiger partial charge in [0.2, 0.25) is 5.91 Å². The smallest absolute Gasteiger partial charge is 0.220 e. The molecule has 0 aliphatic carbocycles. The molecule has 2 saturated heterocycles. The third-order valence-electron chi connectivity index (χ3n) is 17.6. The topological polar surface area (TPSA) is 228 Å². The highest BCUT2D eigenvalue weighted by Crippen LogP contribution is 2.30. The van der Waals surface area contributed by atoms with E-state index in [9.17, 15) is 45.6 Å². The Labute approximate surface area is 548 Å². The Morgan fingerprint density at radius 2 is 0.767 bits per heavy atom. The summed E-state index contributed by atoms with van der Waals surface area (Å²) in [4.78, 5) is 13.4. The number of ether oxygens (including phenoxy) is 4. The highest BCUT2D eigenvalue weighted by atomic mass is 16.7. The van der Waals surface area contributed by atoms with Gasteiger partial charge in [0.15, 0.2) is 12.6 Å². The number of carbonyl (C=O) groups is 1. The maximum Gasteiger partial charge on any atom is 0.220 e. The lowest BCUT2D eigenvalue weighted by molar-refractivity contribution is -0.359. The van der Waals surface area contributed by atoms with E-state index in [0.29, 0.717) is 19.3 Å². The molecule has 0 bridgehead atoms. The SMILES string of the molecule is CC/C=C\C/C=C\C/C=C\C/C=C\C/C=C\C/C=C\C/C=C\CCCCCCCCCCCC(=O)NC(COC1OC(CO)C(OC2OC(CO)C(O)C(O)C2O)C(O)C1O)C(O)CCCCCCCCCCCCCCCCCCCCCCCCCCC. The molecular weight excluding hydrogens is 1130 g/mol. The molecule has 2 heterocycles. The lowest BCUT2D eigenvalue weighted by atomic mass is 9.97. The summed E-state index contributed by atoms with van der Waals surface area (Å²) in [5.41, 5.74) is 0. The van der Waals surface area contributed by atoms with E-state index in [1.54, 1.807) is 0 Å². The Morgan fingerprint density at radius 3 is 1.18 bits per heavy atom. The quantitative estimate of drug-likeness (QED) is 0.0204. The molecule has 12 atom stereocenters. The maximum atomic E-state index is 13.4. The summed E-state index contributed by atoms with van der Waals surface area (Å²) in [6, 6.07) is -0.839. The minimum atomic E-state index is -1.79. The minimum Gasteiger partial charge on any atom is -0.394 e. The van der Waals surface area contributed by atoms with Crippen molar-refractivity contribution in [2.24, 2.45) is 0 Å². The van der Waals surface area contributed by atoms with Crippen molar-refractivity contribution in [3.05, 3.63) is 85.1 Å². The van der Waals surface area contributed by atoms with Crippen molar-refractivity contribution in [2.45, 2.75) is 370 Å². The van der Waals surface area contributed by atoms with Crippen LogP contribution in [-0.2, 0) is 23.7 Å². The van der Waals surface area contributed by atoms with Crippen molar-refractivity contribution >= 4 is 5.91 Å². The molecule has 2 aliphatic rings. The molecule has 2 fully saturated rings. The first-order chi connectivity index (χ1) is 44.1. The second-order valence-electron chi connectivity index (χ2n) is 25.7. The molecule has 522 valence electrons. The first kappa shape index (κ1) is 83.3. The summed E-state index contributed by atoms with van der Waals surface area (Å²) in [5.74, 6) is -0.213. The van der Waals surface area contributed by atoms with Crippen molar-refractivity contribution < 1.29 is 64.6 Å². The van der Waals surface area contributed by atoms with Gasteiger partial charge in [0.25, 0.3) is 0 Å². The van der Waals surface area contributed by atoms with Crippen LogP contribution in [0.25, 0.3) is 0 Å². The van der Waals surface area contributed by atoms with Crippen molar-refractivity contribution in [2.75, 3.05) is 19.8 Å². The van der Waals surface area contributed by atoms with Gasteiger partial charge in [0, 0.05) is 6.42 Å². The zero-order valence-corrected chi connectivity index (χ0v) is 56.9. The second kappa shape index (κ2) is 59.9. The number of unbranched alkanes of at least 4 members (excludes halogenated alkanes) is 33. The highest BCUT2D eigenvalue weighted by Gasteiger charge is 2.51. The van der Waals surface area contributed by atoms with E-state index in [1.165, 1.54) is 167 Å². The van der Waals surface area contributed by atoms with Crippen molar-refractivity contribution in [1.29, 1.82) is 0 Å². The molecule has 0 aromatic carbocycles. The van der Waals surface area contributed by atoms with E-state index in [-0.39, 0.29) is 12.5 Å². The lowest BCUT2D eigenvalue weighted by Gasteiger charge is -2.46. The van der Waals surface area contributed by atoms with Crippen LogP contribution in [0.3, 0.4) is 0 Å². The molecule has 9 N–H and O–H groups in total. The van der Waals surface area contributed by atoms with Crippen molar-refractivity contribution in [3.63, 3.8) is 0 Å². The van der Waals surface area contributed by atoms with E-state index >= 15 is 0 Å².